The van der Waals surface area contributed by atoms with Gasteiger partial charge in [0, 0.05) is 18.8 Å². The van der Waals surface area contributed by atoms with Crippen molar-refractivity contribution in [3.63, 3.8) is 0 Å². The van der Waals surface area contributed by atoms with Crippen molar-refractivity contribution in [1.82, 2.24) is 4.90 Å². The van der Waals surface area contributed by atoms with Gasteiger partial charge in [0.15, 0.2) is 0 Å². The summed E-state index contributed by atoms with van der Waals surface area (Å²) in [6.45, 7) is 2.62. The molecule has 1 N–H and O–H groups in total. The molecule has 0 aromatic rings. The van der Waals surface area contributed by atoms with Gasteiger partial charge in [-0.05, 0) is 39.7 Å². The maximum absolute atomic E-state index is 11.6. The molecule has 1 saturated carbocycles. The summed E-state index contributed by atoms with van der Waals surface area (Å²) in [5.41, 5.74) is 0. The topological polar surface area (TPSA) is 57.6 Å². The number of aliphatic hydroxyl groups is 1. The van der Waals surface area contributed by atoms with Crippen LogP contribution in [-0.4, -0.2) is 55.7 Å². The van der Waals surface area contributed by atoms with Gasteiger partial charge in [0.2, 0.25) is 0 Å². The third kappa shape index (κ3) is 4.94. The summed E-state index contributed by atoms with van der Waals surface area (Å²) in [4.78, 5) is 2.20. The van der Waals surface area contributed by atoms with Crippen LogP contribution in [0.1, 0.15) is 39.0 Å². The summed E-state index contributed by atoms with van der Waals surface area (Å²) in [6, 6.07) is 0.349. The van der Waals surface area contributed by atoms with Crippen LogP contribution < -0.4 is 0 Å². The van der Waals surface area contributed by atoms with Gasteiger partial charge in [-0.15, -0.1) is 0 Å². The average Bonchev–Trinajstić information content (AvgIpc) is 2.25. The van der Waals surface area contributed by atoms with Crippen molar-refractivity contribution in [3.05, 3.63) is 0 Å². The Morgan fingerprint density at radius 2 is 2.06 bits per heavy atom. The molecule has 0 heterocycles. The van der Waals surface area contributed by atoms with Gasteiger partial charge in [0.25, 0.3) is 0 Å². The monoisotopic (exact) mass is 263 g/mol. The van der Waals surface area contributed by atoms with E-state index in [1.54, 1.807) is 6.92 Å². The van der Waals surface area contributed by atoms with Crippen LogP contribution in [0.25, 0.3) is 0 Å². The van der Waals surface area contributed by atoms with E-state index < -0.39 is 9.84 Å². The van der Waals surface area contributed by atoms with E-state index in [9.17, 15) is 13.5 Å². The Hall–Kier alpha value is -0.130. The summed E-state index contributed by atoms with van der Waals surface area (Å²) >= 11 is 0. The molecule has 0 aliphatic heterocycles. The van der Waals surface area contributed by atoms with Crippen molar-refractivity contribution in [2.75, 3.05) is 19.8 Å². The van der Waals surface area contributed by atoms with Crippen molar-refractivity contribution < 1.29 is 13.5 Å². The lowest BCUT2D eigenvalue weighted by atomic mass is 9.94. The van der Waals surface area contributed by atoms with E-state index in [1.807, 2.05) is 7.05 Å². The lowest BCUT2D eigenvalue weighted by molar-refractivity contribution is 0.136. The van der Waals surface area contributed by atoms with Crippen LogP contribution in [0.2, 0.25) is 0 Å². The van der Waals surface area contributed by atoms with E-state index in [2.05, 4.69) is 4.90 Å². The Morgan fingerprint density at radius 1 is 1.41 bits per heavy atom. The highest BCUT2D eigenvalue weighted by atomic mass is 32.2. The number of aliphatic hydroxyl groups excluding tert-OH is 1. The number of hydrogen-bond acceptors (Lipinski definition) is 4. The minimum atomic E-state index is -2.90. The Morgan fingerprint density at radius 3 is 2.59 bits per heavy atom. The van der Waals surface area contributed by atoms with E-state index in [1.165, 1.54) is 6.26 Å². The SMILES string of the molecule is CC(O)CCN(C)C1CCCC(S(C)(=O)=O)C1. The first kappa shape index (κ1) is 14.9. The van der Waals surface area contributed by atoms with Crippen LogP contribution >= 0.6 is 0 Å². The quantitative estimate of drug-likeness (QED) is 0.805. The fraction of sp³-hybridized carbons (Fsp3) is 1.00. The van der Waals surface area contributed by atoms with Crippen molar-refractivity contribution in [2.45, 2.75) is 56.4 Å². The fourth-order valence-electron chi connectivity index (χ4n) is 2.48. The molecule has 0 radical (unpaired) electrons. The van der Waals surface area contributed by atoms with Gasteiger partial charge in [0.1, 0.15) is 9.84 Å². The zero-order valence-electron chi connectivity index (χ0n) is 11.1. The van der Waals surface area contributed by atoms with Crippen molar-refractivity contribution >= 4 is 9.84 Å². The molecule has 1 aliphatic carbocycles. The van der Waals surface area contributed by atoms with Crippen LogP contribution in [-0.2, 0) is 9.84 Å². The first-order chi connectivity index (χ1) is 7.80. The smallest absolute Gasteiger partial charge is 0.150 e. The number of hydrogen-bond donors (Lipinski definition) is 1. The first-order valence-corrected chi connectivity index (χ1v) is 8.33. The molecule has 0 spiro atoms. The molecular weight excluding hydrogens is 238 g/mol. The minimum absolute atomic E-state index is 0.171. The summed E-state index contributed by atoms with van der Waals surface area (Å²) in [7, 11) is -0.874. The maximum Gasteiger partial charge on any atom is 0.150 e. The summed E-state index contributed by atoms with van der Waals surface area (Å²) in [5, 5.41) is 9.09. The average molecular weight is 263 g/mol. The second kappa shape index (κ2) is 6.16. The largest absolute Gasteiger partial charge is 0.393 e. The van der Waals surface area contributed by atoms with Gasteiger partial charge in [0.05, 0.1) is 11.4 Å². The van der Waals surface area contributed by atoms with Crippen molar-refractivity contribution in [2.24, 2.45) is 0 Å². The zero-order chi connectivity index (χ0) is 13.1. The zero-order valence-corrected chi connectivity index (χ0v) is 11.9. The third-order valence-corrected chi connectivity index (χ3v) is 5.37. The molecule has 4 nitrogen and oxygen atoms in total. The predicted molar refractivity (Wildman–Crippen MR) is 69.8 cm³/mol. The standard InChI is InChI=1S/C12H25NO3S/c1-10(14)7-8-13(2)11-5-4-6-12(9-11)17(3,15)16/h10-12,14H,4-9H2,1-3H3. The molecule has 3 atom stereocenters. The first-order valence-electron chi connectivity index (χ1n) is 6.38. The summed E-state index contributed by atoms with van der Waals surface area (Å²) in [6.07, 6.45) is 5.41. The number of rotatable bonds is 5. The highest BCUT2D eigenvalue weighted by Gasteiger charge is 2.30. The van der Waals surface area contributed by atoms with E-state index in [4.69, 9.17) is 0 Å². The van der Waals surface area contributed by atoms with E-state index in [-0.39, 0.29) is 11.4 Å². The van der Waals surface area contributed by atoms with Crippen LogP contribution in [0.4, 0.5) is 0 Å². The van der Waals surface area contributed by atoms with Gasteiger partial charge in [-0.1, -0.05) is 6.42 Å². The minimum Gasteiger partial charge on any atom is -0.393 e. The van der Waals surface area contributed by atoms with Crippen LogP contribution in [0.3, 0.4) is 0 Å². The highest BCUT2D eigenvalue weighted by Crippen LogP contribution is 2.26. The lowest BCUT2D eigenvalue weighted by Crippen LogP contribution is -2.40. The van der Waals surface area contributed by atoms with Gasteiger partial charge in [-0.3, -0.25) is 0 Å². The van der Waals surface area contributed by atoms with Crippen LogP contribution in [0.15, 0.2) is 0 Å². The van der Waals surface area contributed by atoms with Crippen LogP contribution in [0.5, 0.6) is 0 Å². The molecule has 1 rings (SSSR count). The molecule has 0 saturated heterocycles. The molecule has 5 heteroatoms. The Balaban J connectivity index is 2.49. The molecular formula is C12H25NO3S. The maximum atomic E-state index is 11.6. The van der Waals surface area contributed by atoms with Gasteiger partial charge in [-0.25, -0.2) is 8.42 Å². The number of nitrogens with zero attached hydrogens (tertiary/aromatic N) is 1. The normalized spacial score (nSPS) is 28.3. The van der Waals surface area contributed by atoms with Gasteiger partial charge in [-0.2, -0.15) is 0 Å². The van der Waals surface area contributed by atoms with Gasteiger partial charge < -0.3 is 10.0 Å². The molecule has 0 aromatic heterocycles. The molecule has 102 valence electrons. The van der Waals surface area contributed by atoms with E-state index >= 15 is 0 Å². The predicted octanol–water partition coefficient (Wildman–Crippen LogP) is 1.04. The molecule has 3 unspecified atom stereocenters. The molecule has 0 amide bonds. The Kier molecular flexibility index (Phi) is 5.41. The third-order valence-electron chi connectivity index (χ3n) is 3.73. The Labute approximate surface area is 105 Å². The second-order valence-corrected chi connectivity index (χ2v) is 7.72. The molecule has 1 fully saturated rings. The molecule has 0 aromatic carbocycles. The lowest BCUT2D eigenvalue weighted by Gasteiger charge is -2.34. The fourth-order valence-corrected chi connectivity index (χ4v) is 3.65. The van der Waals surface area contributed by atoms with Crippen molar-refractivity contribution in [3.8, 4) is 0 Å². The molecule has 1 aliphatic rings. The molecule has 0 bridgehead atoms. The van der Waals surface area contributed by atoms with E-state index in [0.29, 0.717) is 6.04 Å². The highest BCUT2D eigenvalue weighted by molar-refractivity contribution is 7.91. The second-order valence-electron chi connectivity index (χ2n) is 5.39. The van der Waals surface area contributed by atoms with Crippen LogP contribution in [0, 0.1) is 0 Å². The summed E-state index contributed by atoms with van der Waals surface area (Å²) < 4.78 is 23.1. The summed E-state index contributed by atoms with van der Waals surface area (Å²) in [5.74, 6) is 0. The number of sulfone groups is 1. The molecule has 17 heavy (non-hydrogen) atoms. The Bertz CT molecular complexity index is 327. The van der Waals surface area contributed by atoms with Crippen molar-refractivity contribution in [1.29, 1.82) is 0 Å². The van der Waals surface area contributed by atoms with Gasteiger partial charge >= 0.3 is 0 Å². The van der Waals surface area contributed by atoms with E-state index in [0.717, 1.165) is 38.6 Å².